The minimum absolute atomic E-state index is 0.0523. The highest BCUT2D eigenvalue weighted by Gasteiger charge is 2.18. The third kappa shape index (κ3) is 5.41. The predicted molar refractivity (Wildman–Crippen MR) is 138 cm³/mol. The van der Waals surface area contributed by atoms with Gasteiger partial charge in [0.15, 0.2) is 5.69 Å². The zero-order valence-electron chi connectivity index (χ0n) is 20.9. The first-order chi connectivity index (χ1) is 18.0. The van der Waals surface area contributed by atoms with E-state index in [1.807, 2.05) is 25.1 Å². The maximum atomic E-state index is 13.0. The Bertz CT molecular complexity index is 1630. The summed E-state index contributed by atoms with van der Waals surface area (Å²) in [7, 11) is 0. The molecule has 0 aliphatic carbocycles. The van der Waals surface area contributed by atoms with E-state index in [1.54, 1.807) is 32.2 Å². The zero-order valence-corrected chi connectivity index (χ0v) is 20.9. The topological polar surface area (TPSA) is 189 Å². The number of aromatic nitrogens is 4. The van der Waals surface area contributed by atoms with Gasteiger partial charge in [-0.1, -0.05) is 0 Å². The molecular formula is C26H24N8O4. The molecule has 3 heterocycles. The summed E-state index contributed by atoms with van der Waals surface area (Å²) in [6.45, 7) is 5.68. The van der Waals surface area contributed by atoms with Crippen molar-refractivity contribution >= 4 is 34.6 Å². The number of rotatable bonds is 7. The Balaban J connectivity index is 1.56. The van der Waals surface area contributed by atoms with Crippen LogP contribution in [0.5, 0.6) is 0 Å². The van der Waals surface area contributed by atoms with Gasteiger partial charge >= 0.3 is 6.09 Å². The molecule has 0 bridgehead atoms. The maximum absolute atomic E-state index is 13.0. The number of aryl methyl sites for hydroxylation is 3. The van der Waals surface area contributed by atoms with Crippen LogP contribution >= 0.6 is 0 Å². The molecule has 4 rings (SSSR count). The number of nitriles is 1. The second kappa shape index (κ2) is 10.4. The molecule has 0 saturated carbocycles. The molecule has 12 heteroatoms. The van der Waals surface area contributed by atoms with Crippen LogP contribution in [0, 0.1) is 32.1 Å². The lowest BCUT2D eigenvalue weighted by atomic mass is 10.0. The number of benzene rings is 1. The Hall–Kier alpha value is -5.31. The van der Waals surface area contributed by atoms with E-state index in [0.29, 0.717) is 16.8 Å². The molecule has 0 spiro atoms. The van der Waals surface area contributed by atoms with Crippen LogP contribution in [0.4, 0.5) is 10.6 Å². The second-order valence-electron chi connectivity index (χ2n) is 8.79. The first-order valence-electron chi connectivity index (χ1n) is 11.5. The van der Waals surface area contributed by atoms with Gasteiger partial charge in [-0.3, -0.25) is 24.6 Å². The normalized spacial score (nSPS) is 10.7. The zero-order chi connectivity index (χ0) is 27.6. The molecule has 0 atom stereocenters. The van der Waals surface area contributed by atoms with Gasteiger partial charge < -0.3 is 16.2 Å². The van der Waals surface area contributed by atoms with E-state index < -0.39 is 17.9 Å². The van der Waals surface area contributed by atoms with E-state index in [9.17, 15) is 19.6 Å². The first kappa shape index (κ1) is 25.8. The van der Waals surface area contributed by atoms with Crippen LogP contribution < -0.4 is 16.4 Å². The summed E-state index contributed by atoms with van der Waals surface area (Å²) in [5, 5.41) is 28.4. The molecule has 0 aliphatic rings. The number of nitrogens with zero attached hydrogens (tertiary/aromatic N) is 5. The first-order valence-corrected chi connectivity index (χ1v) is 11.5. The van der Waals surface area contributed by atoms with Crippen molar-refractivity contribution in [1.29, 1.82) is 5.26 Å². The van der Waals surface area contributed by atoms with Crippen LogP contribution in [0.1, 0.15) is 54.4 Å². The molecule has 0 saturated heterocycles. The largest absolute Gasteiger partial charge is 0.465 e. The second-order valence-corrected chi connectivity index (χ2v) is 8.79. The predicted octanol–water partition coefficient (Wildman–Crippen LogP) is 2.79. The fourth-order valence-corrected chi connectivity index (χ4v) is 4.20. The number of fused-ring (bicyclic) bond motifs is 1. The molecule has 3 aromatic heterocycles. The Morgan fingerprint density at radius 3 is 2.55 bits per heavy atom. The quantitative estimate of drug-likeness (QED) is 0.291. The van der Waals surface area contributed by atoms with Crippen LogP contribution in [0.15, 0.2) is 36.7 Å². The molecule has 1 aromatic carbocycles. The summed E-state index contributed by atoms with van der Waals surface area (Å²) in [5.41, 5.74) is 10.0. The van der Waals surface area contributed by atoms with Crippen molar-refractivity contribution in [2.45, 2.75) is 33.9 Å². The third-order valence-electron chi connectivity index (χ3n) is 5.92. The standard InChI is InChI=1S/C26H24N8O4/c1-13-4-17-6-16(7-18(24(28)35)23(17)29-9-13)11-34-12-20(21(8-27)33-34)25(36)30-10-19-14(2)5-22(31-15(19)3)32-26(37)38/h4-7,9,12H,10-11H2,1-3H3,(H2,28,35)(H,30,36)(H,31,32)(H,37,38). The van der Waals surface area contributed by atoms with Crippen LogP contribution in [0.2, 0.25) is 0 Å². The minimum Gasteiger partial charge on any atom is -0.465 e. The third-order valence-corrected chi connectivity index (χ3v) is 5.92. The van der Waals surface area contributed by atoms with E-state index in [0.717, 1.165) is 22.1 Å². The van der Waals surface area contributed by atoms with Crippen molar-refractivity contribution in [2.24, 2.45) is 5.73 Å². The molecule has 192 valence electrons. The van der Waals surface area contributed by atoms with Crippen molar-refractivity contribution < 1.29 is 19.5 Å². The molecule has 3 amide bonds. The van der Waals surface area contributed by atoms with Crippen LogP contribution in [0.25, 0.3) is 10.9 Å². The van der Waals surface area contributed by atoms with Gasteiger partial charge in [0.25, 0.3) is 11.8 Å². The molecule has 38 heavy (non-hydrogen) atoms. The van der Waals surface area contributed by atoms with Crippen molar-refractivity contribution in [2.75, 3.05) is 5.32 Å². The van der Waals surface area contributed by atoms with Crippen LogP contribution in [-0.4, -0.2) is 42.8 Å². The van der Waals surface area contributed by atoms with Crippen molar-refractivity contribution in [3.63, 3.8) is 0 Å². The number of hydrogen-bond acceptors (Lipinski definition) is 7. The van der Waals surface area contributed by atoms with E-state index in [4.69, 9.17) is 10.8 Å². The maximum Gasteiger partial charge on any atom is 0.410 e. The Morgan fingerprint density at radius 2 is 1.89 bits per heavy atom. The molecule has 0 fully saturated rings. The van der Waals surface area contributed by atoms with Crippen LogP contribution in [0.3, 0.4) is 0 Å². The average Bonchev–Trinajstić information content (AvgIpc) is 3.25. The van der Waals surface area contributed by atoms with Gasteiger partial charge in [0.1, 0.15) is 11.9 Å². The Labute approximate surface area is 217 Å². The average molecular weight is 513 g/mol. The van der Waals surface area contributed by atoms with Gasteiger partial charge in [0.05, 0.1) is 23.2 Å². The molecule has 0 radical (unpaired) electrons. The smallest absolute Gasteiger partial charge is 0.410 e. The Morgan fingerprint density at radius 1 is 1.13 bits per heavy atom. The van der Waals surface area contributed by atoms with Gasteiger partial charge in [-0.15, -0.1) is 0 Å². The monoisotopic (exact) mass is 512 g/mol. The molecular weight excluding hydrogens is 488 g/mol. The minimum atomic E-state index is -1.22. The molecule has 0 unspecified atom stereocenters. The van der Waals surface area contributed by atoms with Crippen molar-refractivity contribution in [1.82, 2.24) is 25.1 Å². The van der Waals surface area contributed by atoms with E-state index >= 15 is 0 Å². The van der Waals surface area contributed by atoms with E-state index in [2.05, 4.69) is 25.7 Å². The molecule has 12 nitrogen and oxygen atoms in total. The number of anilines is 1. The lowest BCUT2D eigenvalue weighted by Crippen LogP contribution is -2.24. The molecule has 0 aliphatic heterocycles. The summed E-state index contributed by atoms with van der Waals surface area (Å²) in [6.07, 6.45) is 1.90. The summed E-state index contributed by atoms with van der Waals surface area (Å²) in [4.78, 5) is 44.4. The number of pyridine rings is 2. The number of carboxylic acid groups (broad SMARTS) is 1. The lowest BCUT2D eigenvalue weighted by Gasteiger charge is -2.12. The number of primary amides is 1. The highest BCUT2D eigenvalue weighted by atomic mass is 16.4. The van der Waals surface area contributed by atoms with Gasteiger partial charge in [-0.25, -0.2) is 9.78 Å². The SMILES string of the molecule is Cc1cnc2c(C(N)=O)cc(Cn3cc(C(=O)NCc4c(C)cc(NC(=O)O)nc4C)c(C#N)n3)cc2c1. The van der Waals surface area contributed by atoms with Gasteiger partial charge in [-0.2, -0.15) is 10.4 Å². The van der Waals surface area contributed by atoms with E-state index in [1.165, 1.54) is 10.9 Å². The number of carbonyl (C=O) groups is 3. The summed E-state index contributed by atoms with van der Waals surface area (Å²) >= 11 is 0. The fourth-order valence-electron chi connectivity index (χ4n) is 4.20. The van der Waals surface area contributed by atoms with Crippen molar-refractivity contribution in [3.8, 4) is 6.07 Å². The number of carbonyl (C=O) groups excluding carboxylic acids is 2. The fraction of sp³-hybridized carbons (Fsp3) is 0.192. The van der Waals surface area contributed by atoms with Gasteiger partial charge in [-0.05, 0) is 67.3 Å². The lowest BCUT2D eigenvalue weighted by molar-refractivity contribution is 0.0949. The Kier molecular flexibility index (Phi) is 7.02. The highest BCUT2D eigenvalue weighted by molar-refractivity contribution is 6.05. The number of hydrogen-bond donors (Lipinski definition) is 4. The van der Waals surface area contributed by atoms with Crippen LogP contribution in [-0.2, 0) is 13.1 Å². The summed E-state index contributed by atoms with van der Waals surface area (Å²) < 4.78 is 1.45. The van der Waals surface area contributed by atoms with Gasteiger partial charge in [0, 0.05) is 30.0 Å². The number of nitrogens with one attached hydrogen (secondary N) is 2. The molecule has 4 aromatic rings. The highest BCUT2D eigenvalue weighted by Crippen LogP contribution is 2.22. The van der Waals surface area contributed by atoms with Gasteiger partial charge in [0.2, 0.25) is 0 Å². The summed E-state index contributed by atoms with van der Waals surface area (Å²) in [6, 6.07) is 8.89. The number of nitrogens with two attached hydrogens (primary N) is 1. The number of amides is 3. The van der Waals surface area contributed by atoms with Crippen molar-refractivity contribution in [3.05, 3.63) is 81.4 Å². The summed E-state index contributed by atoms with van der Waals surface area (Å²) in [5.74, 6) is -0.927. The van der Waals surface area contributed by atoms with E-state index in [-0.39, 0.29) is 35.7 Å². The molecule has 5 N–H and O–H groups in total.